The van der Waals surface area contributed by atoms with Crippen molar-refractivity contribution in [2.75, 3.05) is 13.1 Å². The highest BCUT2D eigenvalue weighted by molar-refractivity contribution is 5.92. The van der Waals surface area contributed by atoms with E-state index in [0.29, 0.717) is 5.84 Å². The number of hydrogen-bond donors (Lipinski definition) is 2. The molecule has 1 aromatic carbocycles. The van der Waals surface area contributed by atoms with Crippen LogP contribution in [0.1, 0.15) is 12.5 Å². The predicted molar refractivity (Wildman–Crippen MR) is 56.3 cm³/mol. The first-order valence-corrected chi connectivity index (χ1v) is 4.78. The molecule has 74 valence electrons. The first-order valence-electron chi connectivity index (χ1n) is 4.78. The SMILES string of the molecule is C[C@@](O)(C1=NCCN1)c1ccccc1. The summed E-state index contributed by atoms with van der Waals surface area (Å²) in [7, 11) is 0. The molecule has 1 aliphatic heterocycles. The first kappa shape index (κ1) is 9.21. The van der Waals surface area contributed by atoms with Crippen LogP contribution in [-0.2, 0) is 5.60 Å². The summed E-state index contributed by atoms with van der Waals surface area (Å²) in [5.74, 6) is 0.670. The van der Waals surface area contributed by atoms with Crippen molar-refractivity contribution in [3.63, 3.8) is 0 Å². The summed E-state index contributed by atoms with van der Waals surface area (Å²) in [6.07, 6.45) is 0. The Morgan fingerprint density at radius 3 is 2.64 bits per heavy atom. The number of aliphatic imine (C=N–C) groups is 1. The van der Waals surface area contributed by atoms with Crippen molar-refractivity contribution in [1.29, 1.82) is 0 Å². The minimum atomic E-state index is -0.988. The summed E-state index contributed by atoms with van der Waals surface area (Å²) >= 11 is 0. The lowest BCUT2D eigenvalue weighted by atomic mass is 9.95. The lowest BCUT2D eigenvalue weighted by Crippen LogP contribution is -2.39. The van der Waals surface area contributed by atoms with Crippen LogP contribution in [0.25, 0.3) is 0 Å². The Labute approximate surface area is 83.5 Å². The van der Waals surface area contributed by atoms with Gasteiger partial charge in [0.15, 0.2) is 0 Å². The summed E-state index contributed by atoms with van der Waals surface area (Å²) in [5.41, 5.74) is -0.120. The third-order valence-corrected chi connectivity index (χ3v) is 2.47. The largest absolute Gasteiger partial charge is 0.377 e. The van der Waals surface area contributed by atoms with Crippen molar-refractivity contribution in [3.05, 3.63) is 35.9 Å². The maximum Gasteiger partial charge on any atom is 0.143 e. The third-order valence-electron chi connectivity index (χ3n) is 2.47. The highest BCUT2D eigenvalue weighted by Crippen LogP contribution is 2.22. The average molecular weight is 190 g/mol. The monoisotopic (exact) mass is 190 g/mol. The predicted octanol–water partition coefficient (Wildman–Crippen LogP) is 0.896. The molecular formula is C11H14N2O. The summed E-state index contributed by atoms with van der Waals surface area (Å²) in [6.45, 7) is 3.33. The molecule has 0 aliphatic carbocycles. The van der Waals surface area contributed by atoms with E-state index in [0.717, 1.165) is 18.7 Å². The molecule has 0 amide bonds. The zero-order valence-electron chi connectivity index (χ0n) is 8.20. The van der Waals surface area contributed by atoms with Crippen LogP contribution in [0, 0.1) is 0 Å². The van der Waals surface area contributed by atoms with Crippen LogP contribution in [0.4, 0.5) is 0 Å². The third kappa shape index (κ3) is 1.51. The molecular weight excluding hydrogens is 176 g/mol. The van der Waals surface area contributed by atoms with Gasteiger partial charge < -0.3 is 10.4 Å². The van der Waals surface area contributed by atoms with Gasteiger partial charge >= 0.3 is 0 Å². The van der Waals surface area contributed by atoms with Crippen LogP contribution < -0.4 is 5.32 Å². The Balaban J connectivity index is 2.32. The summed E-state index contributed by atoms with van der Waals surface area (Å²) in [4.78, 5) is 4.24. The topological polar surface area (TPSA) is 44.6 Å². The van der Waals surface area contributed by atoms with E-state index in [2.05, 4.69) is 10.3 Å². The molecule has 1 heterocycles. The molecule has 0 saturated heterocycles. The number of nitrogens with zero attached hydrogens (tertiary/aromatic N) is 1. The molecule has 3 nitrogen and oxygen atoms in total. The Morgan fingerprint density at radius 1 is 1.36 bits per heavy atom. The Kier molecular flexibility index (Phi) is 2.25. The zero-order chi connectivity index (χ0) is 10.0. The Morgan fingerprint density at radius 2 is 2.07 bits per heavy atom. The van der Waals surface area contributed by atoms with Crippen molar-refractivity contribution in [3.8, 4) is 0 Å². The average Bonchev–Trinajstić information content (AvgIpc) is 2.72. The van der Waals surface area contributed by atoms with Crippen LogP contribution in [0.5, 0.6) is 0 Å². The molecule has 0 aromatic heterocycles. The second-order valence-corrected chi connectivity index (χ2v) is 3.60. The lowest BCUT2D eigenvalue weighted by molar-refractivity contribution is 0.130. The molecule has 2 rings (SSSR count). The number of benzene rings is 1. The quantitative estimate of drug-likeness (QED) is 0.727. The number of nitrogens with one attached hydrogen (secondary N) is 1. The van der Waals surface area contributed by atoms with E-state index in [9.17, 15) is 5.11 Å². The summed E-state index contributed by atoms with van der Waals surface area (Å²) in [5, 5.41) is 13.4. The maximum atomic E-state index is 10.3. The van der Waals surface area contributed by atoms with Gasteiger partial charge in [0, 0.05) is 6.54 Å². The van der Waals surface area contributed by atoms with Crippen molar-refractivity contribution in [2.45, 2.75) is 12.5 Å². The smallest absolute Gasteiger partial charge is 0.143 e. The van der Waals surface area contributed by atoms with E-state index in [1.54, 1.807) is 6.92 Å². The second-order valence-electron chi connectivity index (χ2n) is 3.60. The van der Waals surface area contributed by atoms with Crippen LogP contribution in [-0.4, -0.2) is 24.0 Å². The molecule has 0 spiro atoms. The molecule has 1 atom stereocenters. The van der Waals surface area contributed by atoms with E-state index in [1.807, 2.05) is 30.3 Å². The Hall–Kier alpha value is -1.35. The zero-order valence-corrected chi connectivity index (χ0v) is 8.20. The highest BCUT2D eigenvalue weighted by atomic mass is 16.3. The fraction of sp³-hybridized carbons (Fsp3) is 0.364. The van der Waals surface area contributed by atoms with Gasteiger partial charge in [-0.05, 0) is 12.5 Å². The van der Waals surface area contributed by atoms with Gasteiger partial charge in [-0.1, -0.05) is 30.3 Å². The normalized spacial score (nSPS) is 19.7. The van der Waals surface area contributed by atoms with E-state index in [1.165, 1.54) is 0 Å². The van der Waals surface area contributed by atoms with Crippen molar-refractivity contribution < 1.29 is 5.11 Å². The molecule has 0 unspecified atom stereocenters. The van der Waals surface area contributed by atoms with Gasteiger partial charge in [-0.3, -0.25) is 4.99 Å². The van der Waals surface area contributed by atoms with Gasteiger partial charge in [-0.25, -0.2) is 0 Å². The fourth-order valence-corrected chi connectivity index (χ4v) is 1.62. The minimum Gasteiger partial charge on any atom is -0.377 e. The van der Waals surface area contributed by atoms with Crippen molar-refractivity contribution >= 4 is 5.84 Å². The van der Waals surface area contributed by atoms with Crippen molar-refractivity contribution in [2.24, 2.45) is 4.99 Å². The fourth-order valence-electron chi connectivity index (χ4n) is 1.62. The van der Waals surface area contributed by atoms with Crippen LogP contribution in [0.2, 0.25) is 0 Å². The highest BCUT2D eigenvalue weighted by Gasteiger charge is 2.31. The van der Waals surface area contributed by atoms with Crippen LogP contribution >= 0.6 is 0 Å². The van der Waals surface area contributed by atoms with Gasteiger partial charge in [0.25, 0.3) is 0 Å². The van der Waals surface area contributed by atoms with Gasteiger partial charge in [0.1, 0.15) is 11.4 Å². The van der Waals surface area contributed by atoms with Gasteiger partial charge in [0.2, 0.25) is 0 Å². The van der Waals surface area contributed by atoms with Crippen molar-refractivity contribution in [1.82, 2.24) is 5.32 Å². The first-order chi connectivity index (χ1) is 6.71. The number of aliphatic hydroxyl groups is 1. The number of rotatable bonds is 2. The van der Waals surface area contributed by atoms with Gasteiger partial charge in [0.05, 0.1) is 6.54 Å². The summed E-state index contributed by atoms with van der Waals surface area (Å²) < 4.78 is 0. The van der Waals surface area contributed by atoms with E-state index in [-0.39, 0.29) is 0 Å². The molecule has 0 bridgehead atoms. The standard InChI is InChI=1S/C11H14N2O/c1-11(14,10-12-7-8-13-10)9-5-3-2-4-6-9/h2-6,14H,7-8H2,1H3,(H,12,13)/t11-/m0/s1. The molecule has 14 heavy (non-hydrogen) atoms. The molecule has 1 aliphatic rings. The van der Waals surface area contributed by atoms with Gasteiger partial charge in [-0.2, -0.15) is 0 Å². The van der Waals surface area contributed by atoms with E-state index >= 15 is 0 Å². The maximum absolute atomic E-state index is 10.3. The van der Waals surface area contributed by atoms with E-state index in [4.69, 9.17) is 0 Å². The van der Waals surface area contributed by atoms with Crippen LogP contribution in [0.15, 0.2) is 35.3 Å². The van der Waals surface area contributed by atoms with Crippen LogP contribution in [0.3, 0.4) is 0 Å². The lowest BCUT2D eigenvalue weighted by Gasteiger charge is -2.23. The number of amidine groups is 1. The summed E-state index contributed by atoms with van der Waals surface area (Å²) in [6, 6.07) is 9.58. The molecule has 0 saturated carbocycles. The molecule has 0 fully saturated rings. The van der Waals surface area contributed by atoms with E-state index < -0.39 is 5.60 Å². The number of hydrogen-bond acceptors (Lipinski definition) is 3. The Bertz CT molecular complexity index is 344. The molecule has 0 radical (unpaired) electrons. The molecule has 1 aromatic rings. The minimum absolute atomic E-state index is 0.670. The molecule has 2 N–H and O–H groups in total. The van der Waals surface area contributed by atoms with Gasteiger partial charge in [-0.15, -0.1) is 0 Å². The second kappa shape index (κ2) is 3.42. The molecule has 3 heteroatoms.